The van der Waals surface area contributed by atoms with Crippen molar-refractivity contribution in [1.82, 2.24) is 19.9 Å². The largest absolute Gasteiger partial charge is 0.345 e. The molecule has 2 aromatic heterocycles. The summed E-state index contributed by atoms with van der Waals surface area (Å²) < 4.78 is 1.49. The standard InChI is InChI=1S/C24H22N4O2/c1-17-6-5-9-20-22(17)26-16-28(24(20)30)15-12-21(29)27-23(18-7-3-2-4-8-18)19-10-13-25-14-11-19/h2-11,13-14,16,23H,12,15H2,1H3,(H,27,29). The maximum atomic E-state index is 12.7. The van der Waals surface area contributed by atoms with Crippen LogP contribution in [0.3, 0.4) is 0 Å². The van der Waals surface area contributed by atoms with E-state index in [-0.39, 0.29) is 30.5 Å². The summed E-state index contributed by atoms with van der Waals surface area (Å²) in [5.41, 5.74) is 3.45. The van der Waals surface area contributed by atoms with Crippen LogP contribution in [0.15, 0.2) is 84.2 Å². The molecule has 1 unspecified atom stereocenters. The van der Waals surface area contributed by atoms with Crippen LogP contribution < -0.4 is 10.9 Å². The molecule has 0 aliphatic carbocycles. The number of para-hydroxylation sites is 1. The molecule has 0 aliphatic rings. The predicted molar refractivity (Wildman–Crippen MR) is 116 cm³/mol. The molecule has 4 rings (SSSR count). The van der Waals surface area contributed by atoms with Gasteiger partial charge in [0.05, 0.1) is 23.3 Å². The second-order valence-corrected chi connectivity index (χ2v) is 7.16. The van der Waals surface area contributed by atoms with Gasteiger partial charge >= 0.3 is 0 Å². The van der Waals surface area contributed by atoms with Crippen LogP contribution in [-0.4, -0.2) is 20.4 Å². The van der Waals surface area contributed by atoms with Gasteiger partial charge in [-0.3, -0.25) is 19.1 Å². The van der Waals surface area contributed by atoms with Crippen LogP contribution in [0.1, 0.15) is 29.2 Å². The van der Waals surface area contributed by atoms with Crippen molar-refractivity contribution in [1.29, 1.82) is 0 Å². The van der Waals surface area contributed by atoms with Gasteiger partial charge in [0, 0.05) is 25.4 Å². The number of benzene rings is 2. The third kappa shape index (κ3) is 4.12. The van der Waals surface area contributed by atoms with E-state index >= 15 is 0 Å². The monoisotopic (exact) mass is 398 g/mol. The zero-order valence-corrected chi connectivity index (χ0v) is 16.7. The summed E-state index contributed by atoms with van der Waals surface area (Å²) in [6.07, 6.45) is 5.11. The summed E-state index contributed by atoms with van der Waals surface area (Å²) in [6, 6.07) is 18.8. The molecule has 0 aliphatic heterocycles. The first-order valence-corrected chi connectivity index (χ1v) is 9.82. The lowest BCUT2D eigenvalue weighted by Gasteiger charge is -2.20. The number of aromatic nitrogens is 3. The number of pyridine rings is 1. The van der Waals surface area contributed by atoms with E-state index in [1.54, 1.807) is 18.5 Å². The summed E-state index contributed by atoms with van der Waals surface area (Å²) in [6.45, 7) is 2.19. The van der Waals surface area contributed by atoms with Crippen LogP contribution in [0.4, 0.5) is 0 Å². The highest BCUT2D eigenvalue weighted by atomic mass is 16.2. The minimum absolute atomic E-state index is 0.134. The van der Waals surface area contributed by atoms with E-state index in [0.29, 0.717) is 10.9 Å². The van der Waals surface area contributed by atoms with E-state index in [1.165, 1.54) is 10.9 Å². The zero-order valence-electron chi connectivity index (χ0n) is 16.7. The fraction of sp³-hybridized carbons (Fsp3) is 0.167. The smallest absolute Gasteiger partial charge is 0.261 e. The highest BCUT2D eigenvalue weighted by Gasteiger charge is 2.17. The molecule has 0 saturated heterocycles. The Balaban J connectivity index is 1.51. The van der Waals surface area contributed by atoms with E-state index in [2.05, 4.69) is 15.3 Å². The number of rotatable bonds is 6. The van der Waals surface area contributed by atoms with Gasteiger partial charge in [0.15, 0.2) is 0 Å². The number of hydrogen-bond acceptors (Lipinski definition) is 4. The van der Waals surface area contributed by atoms with Gasteiger partial charge < -0.3 is 5.32 Å². The Morgan fingerprint density at radius 1 is 1.00 bits per heavy atom. The maximum absolute atomic E-state index is 12.7. The van der Waals surface area contributed by atoms with Crippen molar-refractivity contribution in [2.75, 3.05) is 0 Å². The van der Waals surface area contributed by atoms with Gasteiger partial charge in [-0.25, -0.2) is 4.98 Å². The number of nitrogens with zero attached hydrogens (tertiary/aromatic N) is 3. The quantitative estimate of drug-likeness (QED) is 0.540. The van der Waals surface area contributed by atoms with Crippen molar-refractivity contribution in [3.63, 3.8) is 0 Å². The zero-order chi connectivity index (χ0) is 20.9. The molecule has 30 heavy (non-hydrogen) atoms. The average Bonchev–Trinajstić information content (AvgIpc) is 2.79. The summed E-state index contributed by atoms with van der Waals surface area (Å²) in [5, 5.41) is 3.65. The Hall–Kier alpha value is -3.80. The number of hydrogen-bond donors (Lipinski definition) is 1. The molecule has 6 heteroatoms. The minimum atomic E-state index is -0.282. The lowest BCUT2D eigenvalue weighted by molar-refractivity contribution is -0.121. The molecular weight excluding hydrogens is 376 g/mol. The van der Waals surface area contributed by atoms with Gasteiger partial charge in [-0.05, 0) is 41.8 Å². The summed E-state index contributed by atoms with van der Waals surface area (Å²) >= 11 is 0. The lowest BCUT2D eigenvalue weighted by atomic mass is 9.99. The minimum Gasteiger partial charge on any atom is -0.345 e. The first-order chi connectivity index (χ1) is 14.6. The van der Waals surface area contributed by atoms with Gasteiger partial charge in [0.25, 0.3) is 5.56 Å². The van der Waals surface area contributed by atoms with Crippen LogP contribution in [-0.2, 0) is 11.3 Å². The lowest BCUT2D eigenvalue weighted by Crippen LogP contribution is -2.31. The second-order valence-electron chi connectivity index (χ2n) is 7.16. The molecule has 0 bridgehead atoms. The van der Waals surface area contributed by atoms with Crippen molar-refractivity contribution in [3.05, 3.63) is 106 Å². The van der Waals surface area contributed by atoms with Gasteiger partial charge in [-0.15, -0.1) is 0 Å². The van der Waals surface area contributed by atoms with Crippen molar-refractivity contribution in [2.45, 2.75) is 25.9 Å². The first kappa shape index (κ1) is 19.5. The molecule has 2 heterocycles. The van der Waals surface area contributed by atoms with Crippen LogP contribution in [0.2, 0.25) is 0 Å². The molecular formula is C24H22N4O2. The van der Waals surface area contributed by atoms with E-state index in [1.807, 2.05) is 61.5 Å². The molecule has 0 radical (unpaired) electrons. The second kappa shape index (κ2) is 8.69. The number of nitrogens with one attached hydrogen (secondary N) is 1. The van der Waals surface area contributed by atoms with Crippen molar-refractivity contribution >= 4 is 16.8 Å². The van der Waals surface area contributed by atoms with E-state index in [9.17, 15) is 9.59 Å². The van der Waals surface area contributed by atoms with Crippen LogP contribution in [0.5, 0.6) is 0 Å². The number of amides is 1. The van der Waals surface area contributed by atoms with E-state index < -0.39 is 0 Å². The Kier molecular flexibility index (Phi) is 5.66. The molecule has 1 amide bonds. The van der Waals surface area contributed by atoms with Gasteiger partial charge in [-0.1, -0.05) is 42.5 Å². The van der Waals surface area contributed by atoms with E-state index in [0.717, 1.165) is 16.7 Å². The third-order valence-corrected chi connectivity index (χ3v) is 5.11. The summed E-state index contributed by atoms with van der Waals surface area (Å²) in [4.78, 5) is 33.9. The molecule has 6 nitrogen and oxygen atoms in total. The Bertz CT molecular complexity index is 1180. The normalized spacial score (nSPS) is 11.9. The Labute approximate surface area is 174 Å². The Morgan fingerprint density at radius 3 is 2.50 bits per heavy atom. The van der Waals surface area contributed by atoms with Crippen molar-refractivity contribution in [3.8, 4) is 0 Å². The molecule has 0 saturated carbocycles. The fourth-order valence-electron chi connectivity index (χ4n) is 3.51. The fourth-order valence-corrected chi connectivity index (χ4v) is 3.51. The highest BCUT2D eigenvalue weighted by Crippen LogP contribution is 2.21. The molecule has 4 aromatic rings. The van der Waals surface area contributed by atoms with E-state index in [4.69, 9.17) is 0 Å². The molecule has 0 spiro atoms. The third-order valence-electron chi connectivity index (χ3n) is 5.11. The van der Waals surface area contributed by atoms with Gasteiger partial charge in [0.1, 0.15) is 0 Å². The average molecular weight is 398 g/mol. The topological polar surface area (TPSA) is 76.9 Å². The highest BCUT2D eigenvalue weighted by molar-refractivity contribution is 5.80. The molecule has 150 valence electrons. The van der Waals surface area contributed by atoms with Gasteiger partial charge in [-0.2, -0.15) is 0 Å². The first-order valence-electron chi connectivity index (χ1n) is 9.82. The molecule has 2 aromatic carbocycles. The summed E-state index contributed by atoms with van der Waals surface area (Å²) in [5.74, 6) is -0.142. The SMILES string of the molecule is Cc1cccc2c(=O)n(CCC(=O)NC(c3ccccc3)c3ccncc3)cnc12. The van der Waals surface area contributed by atoms with Crippen molar-refractivity contribution in [2.24, 2.45) is 0 Å². The number of aryl methyl sites for hydroxylation is 2. The predicted octanol–water partition coefficient (Wildman–Crippen LogP) is 3.40. The van der Waals surface area contributed by atoms with Crippen LogP contribution in [0.25, 0.3) is 10.9 Å². The van der Waals surface area contributed by atoms with Crippen LogP contribution >= 0.6 is 0 Å². The molecule has 1 N–H and O–H groups in total. The van der Waals surface area contributed by atoms with Crippen LogP contribution in [0, 0.1) is 6.92 Å². The number of fused-ring (bicyclic) bond motifs is 1. The van der Waals surface area contributed by atoms with Gasteiger partial charge in [0.2, 0.25) is 5.91 Å². The Morgan fingerprint density at radius 2 is 1.73 bits per heavy atom. The molecule has 1 atom stereocenters. The number of carbonyl (C=O) groups is 1. The van der Waals surface area contributed by atoms with Crippen molar-refractivity contribution < 1.29 is 4.79 Å². The summed E-state index contributed by atoms with van der Waals surface area (Å²) in [7, 11) is 0. The number of carbonyl (C=O) groups excluding carboxylic acids is 1. The molecule has 0 fully saturated rings. The maximum Gasteiger partial charge on any atom is 0.261 e.